The van der Waals surface area contributed by atoms with Crippen molar-refractivity contribution < 1.29 is 13.9 Å². The van der Waals surface area contributed by atoms with Crippen molar-refractivity contribution in [3.63, 3.8) is 0 Å². The largest absolute Gasteiger partial charge is 0.450 e. The molecule has 0 N–H and O–H groups in total. The summed E-state index contributed by atoms with van der Waals surface area (Å²) >= 11 is 0. The highest BCUT2D eigenvalue weighted by Gasteiger charge is 2.43. The molecule has 1 saturated heterocycles. The van der Waals surface area contributed by atoms with Gasteiger partial charge in [0, 0.05) is 13.2 Å². The Morgan fingerprint density at radius 1 is 1.07 bits per heavy atom. The summed E-state index contributed by atoms with van der Waals surface area (Å²) in [5.74, 6) is -0.0776. The molecule has 1 amide bonds. The van der Waals surface area contributed by atoms with Crippen molar-refractivity contribution in [1.29, 1.82) is 0 Å². The molecule has 2 atom stereocenters. The molecule has 0 spiro atoms. The van der Waals surface area contributed by atoms with Crippen LogP contribution in [0.4, 0.5) is 0 Å². The van der Waals surface area contributed by atoms with Crippen LogP contribution in [0.25, 0.3) is 11.0 Å². The molecule has 3 heterocycles. The highest BCUT2D eigenvalue weighted by Crippen LogP contribution is 2.38. The van der Waals surface area contributed by atoms with E-state index in [1.807, 2.05) is 37.3 Å². The molecule has 5 heteroatoms. The monoisotopic (exact) mass is 375 g/mol. The van der Waals surface area contributed by atoms with Gasteiger partial charge >= 0.3 is 0 Å². The van der Waals surface area contributed by atoms with Crippen LogP contribution in [0, 0.1) is 6.92 Å². The van der Waals surface area contributed by atoms with Crippen molar-refractivity contribution in [3.05, 3.63) is 81.2 Å². The van der Waals surface area contributed by atoms with E-state index < -0.39 is 6.04 Å². The molecule has 0 saturated carbocycles. The van der Waals surface area contributed by atoms with Crippen molar-refractivity contribution in [2.75, 3.05) is 13.2 Å². The molecule has 2 aliphatic rings. The molecule has 142 valence electrons. The van der Waals surface area contributed by atoms with Crippen molar-refractivity contribution in [1.82, 2.24) is 4.90 Å². The molecule has 28 heavy (non-hydrogen) atoms. The number of para-hydroxylation sites is 1. The molecule has 2 aromatic carbocycles. The second-order valence-corrected chi connectivity index (χ2v) is 7.58. The van der Waals surface area contributed by atoms with E-state index in [9.17, 15) is 9.59 Å². The third-order valence-corrected chi connectivity index (χ3v) is 5.69. The van der Waals surface area contributed by atoms with Crippen LogP contribution < -0.4 is 5.43 Å². The second kappa shape index (κ2) is 6.60. The Bertz CT molecular complexity index is 1110. The van der Waals surface area contributed by atoms with Gasteiger partial charge in [0.1, 0.15) is 5.58 Å². The summed E-state index contributed by atoms with van der Waals surface area (Å²) in [4.78, 5) is 28.3. The Morgan fingerprint density at radius 2 is 1.86 bits per heavy atom. The van der Waals surface area contributed by atoms with Gasteiger partial charge in [0.15, 0.2) is 5.43 Å². The second-order valence-electron chi connectivity index (χ2n) is 7.58. The zero-order valence-corrected chi connectivity index (χ0v) is 15.7. The zero-order chi connectivity index (χ0) is 19.3. The average molecular weight is 375 g/mol. The number of fused-ring (bicyclic) bond motifs is 2. The van der Waals surface area contributed by atoms with Crippen LogP contribution in [0.3, 0.4) is 0 Å². The van der Waals surface area contributed by atoms with Crippen LogP contribution in [-0.4, -0.2) is 30.1 Å². The fourth-order valence-electron chi connectivity index (χ4n) is 4.26. The standard InChI is InChI=1S/C23H21NO4/c1-14-8-10-15(11-9-14)20-19-21(25)17-6-2-3-7-18(17)28-22(19)23(26)24(20)13-16-5-4-12-27-16/h2-3,6-11,16,20H,4-5,12-13H2,1H3/t16-,20+/m1/s1. The normalized spacial score (nSPS) is 21.5. The summed E-state index contributed by atoms with van der Waals surface area (Å²) in [7, 11) is 0. The molecule has 0 bridgehead atoms. The summed E-state index contributed by atoms with van der Waals surface area (Å²) in [6, 6.07) is 14.6. The quantitative estimate of drug-likeness (QED) is 0.698. The first-order valence-corrected chi connectivity index (χ1v) is 9.68. The Kier molecular flexibility index (Phi) is 4.05. The number of ether oxygens (including phenoxy) is 1. The minimum Gasteiger partial charge on any atom is -0.450 e. The number of hydrogen-bond acceptors (Lipinski definition) is 4. The number of benzene rings is 2. The Hall–Kier alpha value is -2.92. The maximum Gasteiger partial charge on any atom is 0.291 e. The summed E-state index contributed by atoms with van der Waals surface area (Å²) < 4.78 is 11.7. The number of rotatable bonds is 3. The van der Waals surface area contributed by atoms with Crippen LogP contribution >= 0.6 is 0 Å². The maximum absolute atomic E-state index is 13.3. The number of amides is 1. The van der Waals surface area contributed by atoms with Gasteiger partial charge in [-0.15, -0.1) is 0 Å². The van der Waals surface area contributed by atoms with E-state index >= 15 is 0 Å². The molecule has 2 aliphatic heterocycles. The summed E-state index contributed by atoms with van der Waals surface area (Å²) in [6.45, 7) is 3.19. The van der Waals surface area contributed by atoms with Crippen molar-refractivity contribution >= 4 is 16.9 Å². The number of aryl methyl sites for hydroxylation is 1. The molecular weight excluding hydrogens is 354 g/mol. The topological polar surface area (TPSA) is 59.8 Å². The smallest absolute Gasteiger partial charge is 0.291 e. The lowest BCUT2D eigenvalue weighted by Gasteiger charge is -2.27. The van der Waals surface area contributed by atoms with Gasteiger partial charge in [0.2, 0.25) is 5.76 Å². The van der Waals surface area contributed by atoms with Gasteiger partial charge in [-0.05, 0) is 37.5 Å². The zero-order valence-electron chi connectivity index (χ0n) is 15.7. The van der Waals surface area contributed by atoms with Crippen LogP contribution in [0.2, 0.25) is 0 Å². The number of carbonyl (C=O) groups excluding carboxylic acids is 1. The predicted molar refractivity (Wildman–Crippen MR) is 106 cm³/mol. The Balaban J connectivity index is 1.70. The molecule has 1 fully saturated rings. The summed E-state index contributed by atoms with van der Waals surface area (Å²) in [6.07, 6.45) is 1.91. The van der Waals surface area contributed by atoms with E-state index in [1.54, 1.807) is 23.1 Å². The SMILES string of the molecule is Cc1ccc([C@H]2c3c(oc4ccccc4c3=O)C(=O)N2C[C@H]2CCCO2)cc1. The molecule has 5 rings (SSSR count). The fourth-order valence-corrected chi connectivity index (χ4v) is 4.26. The van der Waals surface area contributed by atoms with Crippen LogP contribution in [0.15, 0.2) is 57.7 Å². The average Bonchev–Trinajstić information content (AvgIpc) is 3.31. The van der Waals surface area contributed by atoms with Crippen LogP contribution in [0.5, 0.6) is 0 Å². The minimum atomic E-state index is -0.451. The first-order chi connectivity index (χ1) is 13.6. The van der Waals surface area contributed by atoms with Gasteiger partial charge in [-0.3, -0.25) is 9.59 Å². The van der Waals surface area contributed by atoms with Gasteiger partial charge in [-0.1, -0.05) is 42.0 Å². The minimum absolute atomic E-state index is 0.00395. The molecule has 3 aromatic rings. The molecular formula is C23H21NO4. The van der Waals surface area contributed by atoms with E-state index in [2.05, 4.69) is 0 Å². The first kappa shape index (κ1) is 17.2. The molecule has 0 unspecified atom stereocenters. The third-order valence-electron chi connectivity index (χ3n) is 5.69. The number of carbonyl (C=O) groups is 1. The van der Waals surface area contributed by atoms with Crippen molar-refractivity contribution in [3.8, 4) is 0 Å². The van der Waals surface area contributed by atoms with Gasteiger partial charge in [0.25, 0.3) is 5.91 Å². The predicted octanol–water partition coefficient (Wildman–Crippen LogP) is 3.83. The van der Waals surface area contributed by atoms with Crippen molar-refractivity contribution in [2.45, 2.75) is 31.9 Å². The highest BCUT2D eigenvalue weighted by molar-refractivity contribution is 5.99. The van der Waals surface area contributed by atoms with Gasteiger partial charge in [-0.25, -0.2) is 0 Å². The van der Waals surface area contributed by atoms with E-state index in [0.29, 0.717) is 23.1 Å². The molecule has 0 aliphatic carbocycles. The third kappa shape index (κ3) is 2.66. The first-order valence-electron chi connectivity index (χ1n) is 9.68. The van der Waals surface area contributed by atoms with Crippen LogP contribution in [-0.2, 0) is 4.74 Å². The Labute approximate surface area is 162 Å². The van der Waals surface area contributed by atoms with Gasteiger partial charge in [-0.2, -0.15) is 0 Å². The van der Waals surface area contributed by atoms with E-state index in [-0.39, 0.29) is 23.2 Å². The number of nitrogens with zero attached hydrogens (tertiary/aromatic N) is 1. The van der Waals surface area contributed by atoms with Gasteiger partial charge < -0.3 is 14.1 Å². The Morgan fingerprint density at radius 3 is 2.61 bits per heavy atom. The van der Waals surface area contributed by atoms with E-state index in [1.165, 1.54) is 0 Å². The van der Waals surface area contributed by atoms with E-state index in [4.69, 9.17) is 9.15 Å². The highest BCUT2D eigenvalue weighted by atomic mass is 16.5. The summed E-state index contributed by atoms with van der Waals surface area (Å²) in [5.41, 5.74) is 2.79. The molecule has 0 radical (unpaired) electrons. The lowest BCUT2D eigenvalue weighted by molar-refractivity contribution is 0.0486. The molecule has 5 nitrogen and oxygen atoms in total. The fraction of sp³-hybridized carbons (Fsp3) is 0.304. The summed E-state index contributed by atoms with van der Waals surface area (Å²) in [5, 5.41) is 0.505. The van der Waals surface area contributed by atoms with Crippen LogP contribution in [0.1, 0.15) is 46.1 Å². The van der Waals surface area contributed by atoms with Gasteiger partial charge in [0.05, 0.1) is 23.1 Å². The number of hydrogen-bond donors (Lipinski definition) is 0. The lowest BCUT2D eigenvalue weighted by atomic mass is 9.97. The molecule has 1 aromatic heterocycles. The van der Waals surface area contributed by atoms with E-state index in [0.717, 1.165) is 30.6 Å². The van der Waals surface area contributed by atoms with Crippen molar-refractivity contribution in [2.24, 2.45) is 0 Å². The lowest BCUT2D eigenvalue weighted by Crippen LogP contribution is -2.36. The maximum atomic E-state index is 13.3.